The number of hydrogen-bond donors (Lipinski definition) is 1. The zero-order valence-corrected chi connectivity index (χ0v) is 18.5. The van der Waals surface area contributed by atoms with Crippen molar-refractivity contribution in [3.8, 4) is 22.4 Å². The molecule has 3 aromatic heterocycles. The predicted molar refractivity (Wildman–Crippen MR) is 133 cm³/mol. The molecule has 0 spiro atoms. The Balaban J connectivity index is 1.56. The topological polar surface area (TPSA) is 53.2 Å². The summed E-state index contributed by atoms with van der Waals surface area (Å²) in [6, 6.07) is 29.5. The Kier molecular flexibility index (Phi) is 5.98. The van der Waals surface area contributed by atoms with E-state index >= 15 is 0 Å². The van der Waals surface area contributed by atoms with Gasteiger partial charge in [0.25, 0.3) is 5.82 Å². The molecule has 0 saturated heterocycles. The predicted octanol–water partition coefficient (Wildman–Crippen LogP) is 5.23. The third-order valence-electron chi connectivity index (χ3n) is 5.86. The van der Waals surface area contributed by atoms with Crippen LogP contribution < -0.4 is 15.3 Å². The average Bonchev–Trinajstić information content (AvgIpc) is 2.89. The average molecular weight is 432 g/mol. The van der Waals surface area contributed by atoms with Gasteiger partial charge in [-0.1, -0.05) is 60.7 Å². The highest BCUT2D eigenvalue weighted by atomic mass is 15.0. The molecule has 4 heteroatoms. The molecule has 0 atom stereocenters. The Hall–Kier alpha value is -4.18. The first-order valence-corrected chi connectivity index (χ1v) is 11.3. The summed E-state index contributed by atoms with van der Waals surface area (Å²) in [5.74, 6) is 0.979. The lowest BCUT2D eigenvalue weighted by Crippen LogP contribution is -2.18. The number of fused-ring (bicyclic) bond motifs is 1. The summed E-state index contributed by atoms with van der Waals surface area (Å²) in [7, 11) is 0. The summed E-state index contributed by atoms with van der Waals surface area (Å²) in [6.45, 7) is 4.80. The van der Waals surface area contributed by atoms with Crippen molar-refractivity contribution in [1.29, 1.82) is 0 Å². The highest BCUT2D eigenvalue weighted by molar-refractivity contribution is 5.95. The number of pyridine rings is 3. The van der Waals surface area contributed by atoms with Crippen molar-refractivity contribution in [2.24, 2.45) is 0 Å². The van der Waals surface area contributed by atoms with E-state index in [2.05, 4.69) is 88.9 Å². The van der Waals surface area contributed by atoms with Gasteiger partial charge in [-0.05, 0) is 17.2 Å². The zero-order chi connectivity index (χ0) is 22.5. The molecule has 0 bridgehead atoms. The van der Waals surface area contributed by atoms with E-state index in [1.54, 1.807) is 0 Å². The fourth-order valence-corrected chi connectivity index (χ4v) is 4.08. The van der Waals surface area contributed by atoms with Gasteiger partial charge in [-0.25, -0.2) is 15.0 Å². The molecule has 3 N–H and O–H groups in total. The van der Waals surface area contributed by atoms with Crippen LogP contribution in [0.5, 0.6) is 0 Å². The third-order valence-corrected chi connectivity index (χ3v) is 5.86. The van der Waals surface area contributed by atoms with Crippen molar-refractivity contribution in [2.45, 2.75) is 12.8 Å². The minimum Gasteiger partial charge on any atom is -0.273 e. The first-order chi connectivity index (χ1) is 16.3. The summed E-state index contributed by atoms with van der Waals surface area (Å²) in [4.78, 5) is 11.8. The molecule has 0 fully saturated rings. The Morgan fingerprint density at radius 3 is 2.36 bits per heavy atom. The van der Waals surface area contributed by atoms with Crippen LogP contribution in [0.4, 0.5) is 5.82 Å². The normalized spacial score (nSPS) is 10.9. The van der Waals surface area contributed by atoms with Crippen LogP contribution >= 0.6 is 0 Å². The number of nitrogens with zero attached hydrogens (tertiary/aromatic N) is 1. The molecule has 0 unspecified atom stereocenters. The lowest BCUT2D eigenvalue weighted by molar-refractivity contribution is -0.390. The molecule has 2 aromatic carbocycles. The molecule has 4 nitrogen and oxygen atoms in total. The second-order valence-corrected chi connectivity index (χ2v) is 8.05. The molecule has 33 heavy (non-hydrogen) atoms. The highest BCUT2D eigenvalue weighted by Crippen LogP contribution is 2.34. The van der Waals surface area contributed by atoms with Crippen molar-refractivity contribution in [3.63, 3.8) is 0 Å². The quantitative estimate of drug-likeness (QED) is 0.359. The molecular weight excluding hydrogens is 404 g/mol. The molecule has 0 saturated carbocycles. The number of H-pyrrole nitrogens is 2. The van der Waals surface area contributed by atoms with Gasteiger partial charge in [0.1, 0.15) is 6.42 Å². The van der Waals surface area contributed by atoms with Crippen LogP contribution in [-0.2, 0) is 12.8 Å². The zero-order valence-electron chi connectivity index (χ0n) is 18.5. The van der Waals surface area contributed by atoms with E-state index in [4.69, 9.17) is 4.98 Å². The second-order valence-electron chi connectivity index (χ2n) is 8.05. The molecule has 5 rings (SSSR count). The lowest BCUT2D eigenvalue weighted by atomic mass is 9.97. The SMILES string of the molecule is [CH2+]Cc1ccc(-c2nc3cc[nH+]c(NCCc4cccc[nH+]4)c3cc2-c2ccccc2)cc1. The molecule has 0 radical (unpaired) electrons. The maximum Gasteiger partial charge on any atom is 0.281 e. The Morgan fingerprint density at radius 1 is 0.788 bits per heavy atom. The second kappa shape index (κ2) is 9.53. The number of hydrogen-bond acceptors (Lipinski definition) is 2. The van der Waals surface area contributed by atoms with Gasteiger partial charge in [-0.3, -0.25) is 5.32 Å². The van der Waals surface area contributed by atoms with Crippen LogP contribution in [0.25, 0.3) is 33.3 Å². The van der Waals surface area contributed by atoms with E-state index < -0.39 is 0 Å². The number of benzene rings is 2. The number of anilines is 1. The van der Waals surface area contributed by atoms with Crippen LogP contribution in [0.3, 0.4) is 0 Å². The van der Waals surface area contributed by atoms with E-state index in [9.17, 15) is 0 Å². The maximum absolute atomic E-state index is 5.12. The smallest absolute Gasteiger partial charge is 0.273 e. The summed E-state index contributed by atoms with van der Waals surface area (Å²) in [5, 5.41) is 4.64. The fourth-order valence-electron chi connectivity index (χ4n) is 4.08. The number of nitrogens with one attached hydrogen (secondary N) is 3. The molecule has 0 aliphatic rings. The van der Waals surface area contributed by atoms with E-state index in [1.165, 1.54) is 11.3 Å². The van der Waals surface area contributed by atoms with Crippen molar-refractivity contribution >= 4 is 16.7 Å². The molecule has 0 aliphatic heterocycles. The Labute approximate surface area is 194 Å². The minimum atomic E-state index is 0.780. The van der Waals surface area contributed by atoms with Gasteiger partial charge in [0, 0.05) is 29.3 Å². The molecular formula is C29H27N4+3. The van der Waals surface area contributed by atoms with E-state index in [0.29, 0.717) is 0 Å². The highest BCUT2D eigenvalue weighted by Gasteiger charge is 2.16. The molecule has 160 valence electrons. The first kappa shape index (κ1) is 20.7. The summed E-state index contributed by atoms with van der Waals surface area (Å²) in [6.07, 6.45) is 5.59. The number of aromatic amines is 2. The van der Waals surface area contributed by atoms with Gasteiger partial charge < -0.3 is 0 Å². The standard InChI is InChI=1S/C29H25N4/c1-2-21-11-13-23(14-12-21)28-25(22-8-4-3-5-9-22)20-26-27(33-28)16-19-32-29(26)31-18-15-24-10-6-7-17-30-24/h3-14,16-17,19-20H,1-2,15,18H2,(H,31,32)/q+1/p+2. The van der Waals surface area contributed by atoms with E-state index in [0.717, 1.165) is 58.5 Å². The summed E-state index contributed by atoms with van der Waals surface area (Å²) in [5.41, 5.74) is 7.73. The molecule has 5 aromatic rings. The van der Waals surface area contributed by atoms with Crippen LogP contribution in [0.2, 0.25) is 0 Å². The van der Waals surface area contributed by atoms with Gasteiger partial charge in [0.15, 0.2) is 11.9 Å². The monoisotopic (exact) mass is 431 g/mol. The van der Waals surface area contributed by atoms with E-state index in [1.807, 2.05) is 30.6 Å². The van der Waals surface area contributed by atoms with Crippen LogP contribution in [0.1, 0.15) is 11.3 Å². The van der Waals surface area contributed by atoms with Crippen molar-refractivity contribution in [3.05, 3.63) is 116 Å². The lowest BCUT2D eigenvalue weighted by Gasteiger charge is -2.12. The van der Waals surface area contributed by atoms with E-state index in [-0.39, 0.29) is 0 Å². The van der Waals surface area contributed by atoms with Crippen LogP contribution in [0, 0.1) is 6.92 Å². The first-order valence-electron chi connectivity index (χ1n) is 11.3. The van der Waals surface area contributed by atoms with Crippen LogP contribution in [-0.4, -0.2) is 11.5 Å². The van der Waals surface area contributed by atoms with Crippen molar-refractivity contribution in [2.75, 3.05) is 11.9 Å². The number of rotatable bonds is 7. The Bertz CT molecular complexity index is 1350. The Morgan fingerprint density at radius 2 is 1.61 bits per heavy atom. The van der Waals surface area contributed by atoms with Crippen molar-refractivity contribution < 1.29 is 9.97 Å². The molecule has 0 amide bonds. The maximum atomic E-state index is 5.12. The van der Waals surface area contributed by atoms with Gasteiger partial charge in [0.05, 0.1) is 42.7 Å². The third kappa shape index (κ3) is 4.55. The largest absolute Gasteiger partial charge is 0.281 e. The minimum absolute atomic E-state index is 0.780. The van der Waals surface area contributed by atoms with Gasteiger partial charge >= 0.3 is 0 Å². The van der Waals surface area contributed by atoms with Gasteiger partial charge in [0.2, 0.25) is 0 Å². The van der Waals surface area contributed by atoms with Crippen LogP contribution in [0.15, 0.2) is 97.3 Å². The summed E-state index contributed by atoms with van der Waals surface area (Å²) >= 11 is 0. The fraction of sp³-hybridized carbons (Fsp3) is 0.103. The molecule has 0 aliphatic carbocycles. The molecule has 3 heterocycles. The van der Waals surface area contributed by atoms with Gasteiger partial charge in [-0.2, -0.15) is 0 Å². The number of aromatic nitrogens is 3. The van der Waals surface area contributed by atoms with Crippen molar-refractivity contribution in [1.82, 2.24) is 4.98 Å². The van der Waals surface area contributed by atoms with Gasteiger partial charge in [-0.15, -0.1) is 0 Å². The summed E-state index contributed by atoms with van der Waals surface area (Å²) < 4.78 is 0.